The molecule has 0 aromatic carbocycles. The summed E-state index contributed by atoms with van der Waals surface area (Å²) in [5, 5.41) is 8.54. The van der Waals surface area contributed by atoms with E-state index in [1.807, 2.05) is 0 Å². The highest BCUT2D eigenvalue weighted by molar-refractivity contribution is 8.13. The first kappa shape index (κ1) is 13.2. The van der Waals surface area contributed by atoms with E-state index in [9.17, 15) is 9.18 Å². The van der Waals surface area contributed by atoms with Gasteiger partial charge < -0.3 is 0 Å². The van der Waals surface area contributed by atoms with E-state index >= 15 is 0 Å². The molecule has 1 rings (SSSR count). The van der Waals surface area contributed by atoms with Crippen molar-refractivity contribution in [3.63, 3.8) is 0 Å². The Kier molecular flexibility index (Phi) is 5.19. The third kappa shape index (κ3) is 4.67. The van der Waals surface area contributed by atoms with Crippen LogP contribution in [0.5, 0.6) is 0 Å². The van der Waals surface area contributed by atoms with Crippen LogP contribution in [0.1, 0.15) is 24.6 Å². The Morgan fingerprint density at radius 1 is 1.65 bits per heavy atom. The summed E-state index contributed by atoms with van der Waals surface area (Å²) in [5.74, 6) is 5.48. The smallest absolute Gasteiger partial charge is 0.185 e. The molecule has 0 unspecified atom stereocenters. The maximum atomic E-state index is 13.1. The molecule has 0 fully saturated rings. The van der Waals surface area contributed by atoms with Crippen molar-refractivity contribution in [2.75, 3.05) is 5.75 Å². The van der Waals surface area contributed by atoms with Gasteiger partial charge in [0.15, 0.2) is 16.6 Å². The highest BCUT2D eigenvalue weighted by atomic mass is 32.2. The van der Waals surface area contributed by atoms with Crippen molar-refractivity contribution < 1.29 is 9.18 Å². The third-order valence-corrected chi connectivity index (χ3v) is 2.53. The normalized spacial score (nSPS) is 9.00. The van der Waals surface area contributed by atoms with Crippen LogP contribution >= 0.6 is 11.8 Å². The predicted molar refractivity (Wildman–Crippen MR) is 63.5 cm³/mol. The van der Waals surface area contributed by atoms with Crippen molar-refractivity contribution in [3.05, 3.63) is 29.3 Å². The van der Waals surface area contributed by atoms with Crippen LogP contribution in [-0.4, -0.2) is 15.9 Å². The number of nitriles is 1. The number of thioether (sulfide) groups is 1. The van der Waals surface area contributed by atoms with Crippen LogP contribution in [0, 0.1) is 29.0 Å². The van der Waals surface area contributed by atoms with Gasteiger partial charge in [0.25, 0.3) is 0 Å². The van der Waals surface area contributed by atoms with Crippen molar-refractivity contribution >= 4 is 16.9 Å². The molecule has 0 atom stereocenters. The number of rotatable bonds is 2. The van der Waals surface area contributed by atoms with Gasteiger partial charge in [0, 0.05) is 30.9 Å². The number of carbonyl (C=O) groups excluding carboxylic acids is 1. The quantitative estimate of drug-likeness (QED) is 0.594. The second-order valence-corrected chi connectivity index (χ2v) is 4.33. The Balaban J connectivity index is 2.58. The summed E-state index contributed by atoms with van der Waals surface area (Å²) < 4.78 is 13.1. The summed E-state index contributed by atoms with van der Waals surface area (Å²) in [6.45, 7) is 1.50. The standard InChI is InChI=1S/C12H9FN2OS/c1-9(16)17-5-3-2-4-10-6-11(13)12(7-14)15-8-10/h6,8H,3,5H2,1H3. The number of hydrogen-bond acceptors (Lipinski definition) is 4. The SMILES string of the molecule is CC(=O)SCCC#Cc1cnc(C#N)c(F)c1. The fourth-order valence-corrected chi connectivity index (χ4v) is 1.49. The lowest BCUT2D eigenvalue weighted by Gasteiger charge is -1.93. The van der Waals surface area contributed by atoms with E-state index in [0.29, 0.717) is 17.7 Å². The number of hydrogen-bond donors (Lipinski definition) is 0. The third-order valence-electron chi connectivity index (χ3n) is 1.71. The maximum Gasteiger partial charge on any atom is 0.185 e. The molecule has 0 aliphatic carbocycles. The van der Waals surface area contributed by atoms with E-state index in [1.54, 1.807) is 6.07 Å². The molecule has 0 bridgehead atoms. The summed E-state index contributed by atoms with van der Waals surface area (Å²) >= 11 is 1.20. The van der Waals surface area contributed by atoms with Gasteiger partial charge in [-0.15, -0.1) is 0 Å². The van der Waals surface area contributed by atoms with E-state index < -0.39 is 5.82 Å². The first-order chi connectivity index (χ1) is 8.13. The minimum Gasteiger partial charge on any atom is -0.288 e. The average Bonchev–Trinajstić information content (AvgIpc) is 2.28. The summed E-state index contributed by atoms with van der Waals surface area (Å²) in [5.41, 5.74) is 0.192. The van der Waals surface area contributed by atoms with E-state index in [1.165, 1.54) is 30.9 Å². The molecule has 1 heterocycles. The molecule has 0 aliphatic heterocycles. The van der Waals surface area contributed by atoms with Crippen molar-refractivity contribution in [2.45, 2.75) is 13.3 Å². The van der Waals surface area contributed by atoms with Crippen molar-refractivity contribution in [2.24, 2.45) is 0 Å². The Morgan fingerprint density at radius 3 is 3.00 bits per heavy atom. The lowest BCUT2D eigenvalue weighted by Crippen LogP contribution is -1.90. The lowest BCUT2D eigenvalue weighted by molar-refractivity contribution is -0.109. The van der Waals surface area contributed by atoms with Crippen molar-refractivity contribution in [1.82, 2.24) is 4.98 Å². The molecular formula is C12H9FN2OS. The van der Waals surface area contributed by atoms with E-state index in [-0.39, 0.29) is 10.8 Å². The van der Waals surface area contributed by atoms with Crippen LogP contribution in [0.15, 0.2) is 12.3 Å². The predicted octanol–water partition coefficient (Wildman–Crippen LogP) is 2.11. The zero-order valence-electron chi connectivity index (χ0n) is 9.16. The number of pyridine rings is 1. The zero-order chi connectivity index (χ0) is 12.7. The van der Waals surface area contributed by atoms with Crippen LogP contribution in [0.25, 0.3) is 0 Å². The first-order valence-corrected chi connectivity index (χ1v) is 5.80. The van der Waals surface area contributed by atoms with Gasteiger partial charge in [0.1, 0.15) is 6.07 Å². The largest absolute Gasteiger partial charge is 0.288 e. The molecule has 17 heavy (non-hydrogen) atoms. The Labute approximate surface area is 103 Å². The monoisotopic (exact) mass is 248 g/mol. The van der Waals surface area contributed by atoms with Gasteiger partial charge in [-0.1, -0.05) is 23.6 Å². The number of halogens is 1. The highest BCUT2D eigenvalue weighted by Crippen LogP contribution is 2.05. The highest BCUT2D eigenvalue weighted by Gasteiger charge is 2.02. The van der Waals surface area contributed by atoms with E-state index in [2.05, 4.69) is 16.8 Å². The fraction of sp³-hybridized carbons (Fsp3) is 0.250. The second kappa shape index (κ2) is 6.67. The second-order valence-electron chi connectivity index (χ2n) is 3.06. The Bertz CT molecular complexity index is 526. The van der Waals surface area contributed by atoms with Crippen molar-refractivity contribution in [1.29, 1.82) is 5.26 Å². The lowest BCUT2D eigenvalue weighted by atomic mass is 10.2. The molecule has 3 nitrogen and oxygen atoms in total. The van der Waals surface area contributed by atoms with Gasteiger partial charge in [-0.3, -0.25) is 4.79 Å². The van der Waals surface area contributed by atoms with Gasteiger partial charge in [-0.25, -0.2) is 9.37 Å². The summed E-state index contributed by atoms with van der Waals surface area (Å²) in [6, 6.07) is 2.81. The van der Waals surface area contributed by atoms with Gasteiger partial charge >= 0.3 is 0 Å². The average molecular weight is 248 g/mol. The maximum absolute atomic E-state index is 13.1. The topological polar surface area (TPSA) is 53.8 Å². The van der Waals surface area contributed by atoms with Crippen LogP contribution in [0.2, 0.25) is 0 Å². The molecule has 0 spiro atoms. The zero-order valence-corrected chi connectivity index (χ0v) is 9.97. The molecule has 0 saturated heterocycles. The number of carbonyl (C=O) groups is 1. The molecule has 0 saturated carbocycles. The van der Waals surface area contributed by atoms with Gasteiger partial charge in [0.05, 0.1) is 0 Å². The minimum absolute atomic E-state index is 0.0536. The van der Waals surface area contributed by atoms with Gasteiger partial charge in [-0.2, -0.15) is 5.26 Å². The van der Waals surface area contributed by atoms with Gasteiger partial charge in [0.2, 0.25) is 0 Å². The summed E-state index contributed by atoms with van der Waals surface area (Å²) in [7, 11) is 0. The number of aromatic nitrogens is 1. The van der Waals surface area contributed by atoms with Crippen LogP contribution in [-0.2, 0) is 4.79 Å². The van der Waals surface area contributed by atoms with Crippen molar-refractivity contribution in [3.8, 4) is 17.9 Å². The molecule has 5 heteroatoms. The molecule has 1 aromatic rings. The Morgan fingerprint density at radius 2 is 2.41 bits per heavy atom. The number of nitrogens with zero attached hydrogens (tertiary/aromatic N) is 2. The molecule has 0 N–H and O–H groups in total. The Hall–Kier alpha value is -1.85. The van der Waals surface area contributed by atoms with E-state index in [4.69, 9.17) is 5.26 Å². The summed E-state index contributed by atoms with van der Waals surface area (Å²) in [4.78, 5) is 14.2. The molecule has 1 aromatic heterocycles. The fourth-order valence-electron chi connectivity index (χ4n) is 0.999. The summed E-state index contributed by atoms with van der Waals surface area (Å²) in [6.07, 6.45) is 1.90. The van der Waals surface area contributed by atoms with Gasteiger partial charge in [-0.05, 0) is 6.07 Å². The molecular weight excluding hydrogens is 239 g/mol. The first-order valence-electron chi connectivity index (χ1n) is 4.81. The van der Waals surface area contributed by atoms with Crippen LogP contribution < -0.4 is 0 Å². The molecule has 86 valence electrons. The van der Waals surface area contributed by atoms with E-state index in [0.717, 1.165) is 0 Å². The van der Waals surface area contributed by atoms with Crippen LogP contribution in [0.3, 0.4) is 0 Å². The molecule has 0 amide bonds. The minimum atomic E-state index is -0.669. The van der Waals surface area contributed by atoms with Crippen LogP contribution in [0.4, 0.5) is 4.39 Å². The molecule has 0 aliphatic rings. The molecule has 0 radical (unpaired) electrons.